The molecule has 1 rings (SSSR count). The van der Waals surface area contributed by atoms with Crippen LogP contribution in [0, 0.1) is 5.41 Å². The molecule has 74 valence electrons. The summed E-state index contributed by atoms with van der Waals surface area (Å²) in [5.41, 5.74) is 10.4. The molecule has 0 aromatic rings. The lowest BCUT2D eigenvalue weighted by Gasteiger charge is -2.23. The highest BCUT2D eigenvalue weighted by Gasteiger charge is 2.24. The molecule has 0 aromatic heterocycles. The van der Waals surface area contributed by atoms with Gasteiger partial charge in [-0.1, -0.05) is 6.92 Å². The summed E-state index contributed by atoms with van der Waals surface area (Å²) in [7, 11) is 0. The predicted octanol–water partition coefficient (Wildman–Crippen LogP) is 0.0690. The minimum absolute atomic E-state index is 0.0354. The lowest BCUT2D eigenvalue weighted by atomic mass is 10.2. The molecule has 1 fully saturated rings. The van der Waals surface area contributed by atoms with Gasteiger partial charge in [-0.05, 0) is 19.3 Å². The third-order valence-corrected chi connectivity index (χ3v) is 2.36. The molecule has 5 heteroatoms. The maximum absolute atomic E-state index is 7.63. The Balaban J connectivity index is 2.60. The molecule has 1 aliphatic rings. The van der Waals surface area contributed by atoms with E-state index in [1.807, 2.05) is 4.90 Å². The summed E-state index contributed by atoms with van der Waals surface area (Å²) >= 11 is 0. The number of guanidine groups is 2. The predicted molar refractivity (Wildman–Crippen MR) is 53.6 cm³/mol. The van der Waals surface area contributed by atoms with Gasteiger partial charge in [-0.25, -0.2) is 0 Å². The number of nitrogens with one attached hydrogen (secondary N) is 1. The summed E-state index contributed by atoms with van der Waals surface area (Å²) in [5.74, 6) is 0.163. The van der Waals surface area contributed by atoms with E-state index in [0.29, 0.717) is 6.04 Å². The average Bonchev–Trinajstić information content (AvgIpc) is 2.49. The molecule has 0 aliphatic carbocycles. The average molecular weight is 183 g/mol. The molecule has 5 N–H and O–H groups in total. The minimum atomic E-state index is -0.0354. The summed E-state index contributed by atoms with van der Waals surface area (Å²) in [5, 5.41) is 7.63. The molecule has 0 bridgehead atoms. The Labute approximate surface area is 78.3 Å². The Morgan fingerprint density at radius 2 is 2.31 bits per heavy atom. The van der Waals surface area contributed by atoms with Gasteiger partial charge in [0, 0.05) is 12.6 Å². The molecule has 1 heterocycles. The van der Waals surface area contributed by atoms with Crippen molar-refractivity contribution in [3.63, 3.8) is 0 Å². The zero-order valence-electron chi connectivity index (χ0n) is 7.95. The van der Waals surface area contributed by atoms with Crippen LogP contribution in [0.25, 0.3) is 0 Å². The van der Waals surface area contributed by atoms with Crippen LogP contribution in [0.1, 0.15) is 26.2 Å². The third-order valence-electron chi connectivity index (χ3n) is 2.36. The van der Waals surface area contributed by atoms with Crippen molar-refractivity contribution in [2.75, 3.05) is 6.54 Å². The SMILES string of the molecule is CCC1CCCN1C(=N)N=C(N)N. The monoisotopic (exact) mass is 183 g/mol. The highest BCUT2D eigenvalue weighted by atomic mass is 15.3. The third kappa shape index (κ3) is 2.34. The first-order valence-electron chi connectivity index (χ1n) is 4.60. The topological polar surface area (TPSA) is 91.5 Å². The molecular weight excluding hydrogens is 166 g/mol. The second-order valence-corrected chi connectivity index (χ2v) is 3.26. The molecule has 13 heavy (non-hydrogen) atoms. The van der Waals surface area contributed by atoms with Crippen LogP contribution in [0.5, 0.6) is 0 Å². The zero-order chi connectivity index (χ0) is 9.84. The number of likely N-dealkylation sites (tertiary alicyclic amines) is 1. The molecule has 5 nitrogen and oxygen atoms in total. The standard InChI is InChI=1S/C8H17N5/c1-2-6-4-3-5-13(6)8(11)12-7(9)10/h6H,2-5H2,1H3,(H5,9,10,11,12). The normalized spacial score (nSPS) is 21.6. The fourth-order valence-electron chi connectivity index (χ4n) is 1.73. The van der Waals surface area contributed by atoms with Crippen LogP contribution in [-0.4, -0.2) is 29.4 Å². The van der Waals surface area contributed by atoms with E-state index in [1.54, 1.807) is 0 Å². The highest BCUT2D eigenvalue weighted by molar-refractivity contribution is 5.91. The molecule has 1 aliphatic heterocycles. The van der Waals surface area contributed by atoms with E-state index in [1.165, 1.54) is 0 Å². The van der Waals surface area contributed by atoms with Crippen molar-refractivity contribution >= 4 is 11.9 Å². The number of hydrogen-bond acceptors (Lipinski definition) is 1. The number of rotatable bonds is 1. The molecule has 0 amide bonds. The van der Waals surface area contributed by atoms with Crippen molar-refractivity contribution in [3.05, 3.63) is 0 Å². The second-order valence-electron chi connectivity index (χ2n) is 3.26. The fourth-order valence-corrected chi connectivity index (χ4v) is 1.73. The number of aliphatic imine (C=N–C) groups is 1. The first-order valence-corrected chi connectivity index (χ1v) is 4.60. The lowest BCUT2D eigenvalue weighted by Crippen LogP contribution is -2.36. The van der Waals surface area contributed by atoms with E-state index in [9.17, 15) is 0 Å². The largest absolute Gasteiger partial charge is 0.370 e. The van der Waals surface area contributed by atoms with Crippen molar-refractivity contribution in [1.82, 2.24) is 4.90 Å². The maximum Gasteiger partial charge on any atom is 0.221 e. The van der Waals surface area contributed by atoms with E-state index < -0.39 is 0 Å². The van der Waals surface area contributed by atoms with Gasteiger partial charge in [-0.2, -0.15) is 4.99 Å². The Morgan fingerprint density at radius 3 is 2.85 bits per heavy atom. The summed E-state index contributed by atoms with van der Waals surface area (Å²) in [4.78, 5) is 5.70. The minimum Gasteiger partial charge on any atom is -0.370 e. The van der Waals surface area contributed by atoms with Gasteiger partial charge in [0.25, 0.3) is 0 Å². The van der Waals surface area contributed by atoms with Gasteiger partial charge in [0.1, 0.15) is 0 Å². The molecule has 1 atom stereocenters. The van der Waals surface area contributed by atoms with Crippen LogP contribution in [0.3, 0.4) is 0 Å². The Kier molecular flexibility index (Phi) is 3.11. The van der Waals surface area contributed by atoms with Gasteiger partial charge >= 0.3 is 0 Å². The maximum atomic E-state index is 7.63. The summed E-state index contributed by atoms with van der Waals surface area (Å²) in [6.07, 6.45) is 3.31. The van der Waals surface area contributed by atoms with Gasteiger partial charge in [0.2, 0.25) is 5.96 Å². The Bertz CT molecular complexity index is 219. The summed E-state index contributed by atoms with van der Waals surface area (Å²) in [6, 6.07) is 0.440. The Hall–Kier alpha value is -1.26. The second kappa shape index (κ2) is 4.11. The van der Waals surface area contributed by atoms with Gasteiger partial charge in [0.15, 0.2) is 5.96 Å². The van der Waals surface area contributed by atoms with Crippen molar-refractivity contribution in [1.29, 1.82) is 5.41 Å². The van der Waals surface area contributed by atoms with Crippen LogP contribution in [0.4, 0.5) is 0 Å². The van der Waals surface area contributed by atoms with E-state index in [0.717, 1.165) is 25.8 Å². The van der Waals surface area contributed by atoms with E-state index >= 15 is 0 Å². The van der Waals surface area contributed by atoms with Crippen LogP contribution in [-0.2, 0) is 0 Å². The zero-order valence-corrected chi connectivity index (χ0v) is 7.95. The molecule has 0 radical (unpaired) electrons. The van der Waals surface area contributed by atoms with Crippen LogP contribution in [0.15, 0.2) is 4.99 Å². The molecule has 0 saturated carbocycles. The van der Waals surface area contributed by atoms with Crippen LogP contribution in [0.2, 0.25) is 0 Å². The molecule has 0 spiro atoms. The number of nitrogens with two attached hydrogens (primary N) is 2. The van der Waals surface area contributed by atoms with E-state index in [4.69, 9.17) is 16.9 Å². The molecule has 1 saturated heterocycles. The first-order chi connectivity index (χ1) is 6.15. The number of nitrogens with zero attached hydrogens (tertiary/aromatic N) is 2. The van der Waals surface area contributed by atoms with E-state index in [2.05, 4.69) is 11.9 Å². The lowest BCUT2D eigenvalue weighted by molar-refractivity contribution is 0.374. The van der Waals surface area contributed by atoms with Crippen LogP contribution < -0.4 is 11.5 Å². The molecule has 1 unspecified atom stereocenters. The van der Waals surface area contributed by atoms with Crippen molar-refractivity contribution in [2.45, 2.75) is 32.2 Å². The van der Waals surface area contributed by atoms with Crippen molar-refractivity contribution in [3.8, 4) is 0 Å². The summed E-state index contributed by atoms with van der Waals surface area (Å²) < 4.78 is 0. The van der Waals surface area contributed by atoms with Gasteiger partial charge < -0.3 is 16.4 Å². The quantitative estimate of drug-likeness (QED) is 0.397. The van der Waals surface area contributed by atoms with Crippen molar-refractivity contribution < 1.29 is 0 Å². The summed E-state index contributed by atoms with van der Waals surface area (Å²) in [6.45, 7) is 3.01. The Morgan fingerprint density at radius 1 is 1.62 bits per heavy atom. The molecular formula is C8H17N5. The smallest absolute Gasteiger partial charge is 0.221 e. The number of hydrogen-bond donors (Lipinski definition) is 3. The van der Waals surface area contributed by atoms with Crippen molar-refractivity contribution in [2.24, 2.45) is 16.5 Å². The molecule has 0 aromatic carbocycles. The highest BCUT2D eigenvalue weighted by Crippen LogP contribution is 2.19. The van der Waals surface area contributed by atoms with Gasteiger partial charge in [0.05, 0.1) is 0 Å². The first kappa shape index (κ1) is 9.83. The van der Waals surface area contributed by atoms with Gasteiger partial charge in [-0.3, -0.25) is 5.41 Å². The van der Waals surface area contributed by atoms with Gasteiger partial charge in [-0.15, -0.1) is 0 Å². The van der Waals surface area contributed by atoms with E-state index in [-0.39, 0.29) is 11.9 Å². The fraction of sp³-hybridized carbons (Fsp3) is 0.750. The van der Waals surface area contributed by atoms with Crippen LogP contribution >= 0.6 is 0 Å².